The lowest BCUT2D eigenvalue weighted by Crippen LogP contribution is -2.52. The maximum atomic E-state index is 14.3. The van der Waals surface area contributed by atoms with Crippen molar-refractivity contribution in [2.45, 2.75) is 12.0 Å². The van der Waals surface area contributed by atoms with Crippen LogP contribution in [-0.4, -0.2) is 15.0 Å². The molecule has 1 atom stereocenters. The normalized spacial score (nSPS) is 18.5. The van der Waals surface area contributed by atoms with E-state index in [1.807, 2.05) is 6.07 Å². The van der Waals surface area contributed by atoms with Crippen LogP contribution >= 0.6 is 11.6 Å². The molecule has 34 heavy (non-hydrogen) atoms. The fourth-order valence-electron chi connectivity index (χ4n) is 4.76. The van der Waals surface area contributed by atoms with Crippen molar-refractivity contribution in [3.63, 3.8) is 0 Å². The van der Waals surface area contributed by atoms with Gasteiger partial charge in [-0.1, -0.05) is 48.0 Å². The van der Waals surface area contributed by atoms with Gasteiger partial charge in [-0.15, -0.1) is 0 Å². The van der Waals surface area contributed by atoms with E-state index in [0.717, 1.165) is 9.13 Å². The number of para-hydroxylation sites is 1. The molecule has 0 aliphatic carbocycles. The number of carbonyl (C=O) groups excluding carboxylic acids is 1. The predicted molar refractivity (Wildman–Crippen MR) is 124 cm³/mol. The molecule has 9 nitrogen and oxygen atoms in total. The lowest BCUT2D eigenvalue weighted by molar-refractivity contribution is -0.121. The van der Waals surface area contributed by atoms with Gasteiger partial charge in [-0.2, -0.15) is 5.26 Å². The number of hydrogen-bond acceptors (Lipinski definition) is 6. The zero-order valence-electron chi connectivity index (χ0n) is 18.2. The molecule has 0 radical (unpaired) electrons. The van der Waals surface area contributed by atoms with E-state index in [4.69, 9.17) is 22.1 Å². The van der Waals surface area contributed by atoms with E-state index in [-0.39, 0.29) is 29.4 Å². The summed E-state index contributed by atoms with van der Waals surface area (Å²) in [6.45, 7) is 0.0954. The summed E-state index contributed by atoms with van der Waals surface area (Å²) < 4.78 is 7.58. The van der Waals surface area contributed by atoms with E-state index < -0.39 is 22.6 Å². The highest BCUT2D eigenvalue weighted by Gasteiger charge is 2.61. The van der Waals surface area contributed by atoms with Gasteiger partial charge >= 0.3 is 5.69 Å². The topological polar surface area (TPSA) is 123 Å². The summed E-state index contributed by atoms with van der Waals surface area (Å²) in [5.74, 6) is -1.08. The van der Waals surface area contributed by atoms with Crippen molar-refractivity contribution in [1.82, 2.24) is 9.13 Å². The Morgan fingerprint density at radius 1 is 1.06 bits per heavy atom. The molecule has 0 bridgehead atoms. The first-order valence-corrected chi connectivity index (χ1v) is 10.7. The summed E-state index contributed by atoms with van der Waals surface area (Å²) in [5, 5.41) is 10.6. The number of halogens is 1. The van der Waals surface area contributed by atoms with Gasteiger partial charge in [0.05, 0.1) is 6.54 Å². The van der Waals surface area contributed by atoms with E-state index >= 15 is 0 Å². The minimum absolute atomic E-state index is 0.0954. The van der Waals surface area contributed by atoms with Gasteiger partial charge < -0.3 is 15.4 Å². The van der Waals surface area contributed by atoms with Gasteiger partial charge in [0.1, 0.15) is 17.2 Å². The second-order valence-corrected chi connectivity index (χ2v) is 8.50. The molecule has 1 aromatic heterocycles. The van der Waals surface area contributed by atoms with E-state index in [1.165, 1.54) is 19.0 Å². The van der Waals surface area contributed by atoms with Crippen LogP contribution in [0.15, 0.2) is 69.6 Å². The SMILES string of the molecule is Cn1c2c(c(=O)n(C)c1=O)[C@@]1(C(=O)N(Cc3ccccc3Cl)c3ccccc31)C(C#N)=C(N)O2. The Bertz CT molecular complexity index is 1600. The lowest BCUT2D eigenvalue weighted by atomic mass is 9.69. The van der Waals surface area contributed by atoms with Gasteiger partial charge in [-0.3, -0.25) is 18.7 Å². The second kappa shape index (κ2) is 7.37. The maximum Gasteiger partial charge on any atom is 0.333 e. The van der Waals surface area contributed by atoms with Crippen LogP contribution in [0.25, 0.3) is 0 Å². The summed E-state index contributed by atoms with van der Waals surface area (Å²) in [6.07, 6.45) is 0. The summed E-state index contributed by atoms with van der Waals surface area (Å²) in [4.78, 5) is 41.9. The molecule has 10 heteroatoms. The first kappa shape index (κ1) is 21.6. The Morgan fingerprint density at radius 2 is 1.74 bits per heavy atom. The van der Waals surface area contributed by atoms with E-state index in [9.17, 15) is 19.6 Å². The summed E-state index contributed by atoms with van der Waals surface area (Å²) in [5.41, 5.74) is 4.06. The molecule has 0 unspecified atom stereocenters. The molecule has 0 saturated heterocycles. The van der Waals surface area contributed by atoms with Crippen LogP contribution in [0.4, 0.5) is 5.69 Å². The minimum atomic E-state index is -1.88. The highest BCUT2D eigenvalue weighted by molar-refractivity contribution is 6.31. The van der Waals surface area contributed by atoms with Gasteiger partial charge in [0.2, 0.25) is 17.7 Å². The van der Waals surface area contributed by atoms with Crippen molar-refractivity contribution in [3.05, 3.63) is 103 Å². The summed E-state index contributed by atoms with van der Waals surface area (Å²) in [7, 11) is 2.71. The van der Waals surface area contributed by atoms with Gasteiger partial charge in [0, 0.05) is 30.4 Å². The third-order valence-electron chi connectivity index (χ3n) is 6.38. The fraction of sp³-hybridized carbons (Fsp3) is 0.167. The Hall–Kier alpha value is -4.29. The second-order valence-electron chi connectivity index (χ2n) is 8.09. The van der Waals surface area contributed by atoms with Crippen molar-refractivity contribution in [1.29, 1.82) is 5.26 Å². The maximum absolute atomic E-state index is 14.3. The number of hydrogen-bond donors (Lipinski definition) is 1. The lowest BCUT2D eigenvalue weighted by Gasteiger charge is -2.34. The van der Waals surface area contributed by atoms with Gasteiger partial charge in [0.25, 0.3) is 5.56 Å². The number of anilines is 1. The number of nitriles is 1. The molecule has 2 N–H and O–H groups in total. The van der Waals surface area contributed by atoms with Crippen molar-refractivity contribution in [3.8, 4) is 11.9 Å². The molecule has 2 aliphatic heterocycles. The molecular formula is C24H18ClN5O4. The first-order valence-electron chi connectivity index (χ1n) is 10.3. The molecule has 0 fully saturated rings. The van der Waals surface area contributed by atoms with Gasteiger partial charge in [0.15, 0.2) is 5.41 Å². The third-order valence-corrected chi connectivity index (χ3v) is 6.75. The Kier molecular flexibility index (Phi) is 4.67. The van der Waals surface area contributed by atoms with Crippen molar-refractivity contribution in [2.75, 3.05) is 4.90 Å². The van der Waals surface area contributed by atoms with E-state index in [2.05, 4.69) is 0 Å². The molecule has 3 aromatic rings. The molecule has 3 heterocycles. The highest BCUT2D eigenvalue weighted by atomic mass is 35.5. The first-order chi connectivity index (χ1) is 16.2. The fourth-order valence-corrected chi connectivity index (χ4v) is 4.96. The third kappa shape index (κ3) is 2.57. The molecule has 170 valence electrons. The summed E-state index contributed by atoms with van der Waals surface area (Å²) in [6, 6.07) is 15.9. The van der Waals surface area contributed by atoms with Gasteiger partial charge in [-0.05, 0) is 17.7 Å². The molecule has 2 aliphatic rings. The van der Waals surface area contributed by atoms with Crippen LogP contribution in [0, 0.1) is 11.3 Å². The van der Waals surface area contributed by atoms with Crippen LogP contribution < -0.4 is 26.6 Å². The van der Waals surface area contributed by atoms with Crippen molar-refractivity contribution >= 4 is 23.2 Å². The Balaban J connectivity index is 1.89. The average molecular weight is 476 g/mol. The molecule has 0 saturated carbocycles. The molecule has 1 amide bonds. The number of amides is 1. The molecular weight excluding hydrogens is 458 g/mol. The highest BCUT2D eigenvalue weighted by Crippen LogP contribution is 2.54. The smallest absolute Gasteiger partial charge is 0.333 e. The summed E-state index contributed by atoms with van der Waals surface area (Å²) >= 11 is 6.37. The van der Waals surface area contributed by atoms with Crippen molar-refractivity contribution in [2.24, 2.45) is 19.8 Å². The number of aromatic nitrogens is 2. The largest absolute Gasteiger partial charge is 0.423 e. The van der Waals surface area contributed by atoms with E-state index in [1.54, 1.807) is 48.5 Å². The molecule has 2 aromatic carbocycles. The monoisotopic (exact) mass is 475 g/mol. The number of nitrogens with two attached hydrogens (primary N) is 1. The number of nitrogens with zero attached hydrogens (tertiary/aromatic N) is 4. The number of fused-ring (bicyclic) bond motifs is 4. The zero-order valence-corrected chi connectivity index (χ0v) is 19.0. The zero-order chi connectivity index (χ0) is 24.4. The van der Waals surface area contributed by atoms with Crippen molar-refractivity contribution < 1.29 is 9.53 Å². The Morgan fingerprint density at radius 3 is 2.44 bits per heavy atom. The van der Waals surface area contributed by atoms with Crippen LogP contribution in [0.1, 0.15) is 16.7 Å². The average Bonchev–Trinajstić information content (AvgIpc) is 3.06. The minimum Gasteiger partial charge on any atom is -0.423 e. The number of ether oxygens (including phenoxy) is 1. The molecule has 5 rings (SSSR count). The standard InChI is InChI=1S/C24H18ClN5O4/c1-28-20(31)18-21(29(2)23(28)33)34-19(27)15(11-26)24(18)14-8-4-6-10-17(14)30(22(24)32)12-13-7-3-5-9-16(13)25/h3-10H,12,27H2,1-2H3/t24-/m0/s1. The predicted octanol–water partition coefficient (Wildman–Crippen LogP) is 1.66. The van der Waals surface area contributed by atoms with E-state index in [0.29, 0.717) is 21.8 Å². The Labute approximate surface area is 198 Å². The number of benzene rings is 2. The number of carbonyl (C=O) groups is 1. The molecule has 1 spiro atoms. The van der Waals surface area contributed by atoms with Crippen LogP contribution in [0.3, 0.4) is 0 Å². The quantitative estimate of drug-likeness (QED) is 0.601. The van der Waals surface area contributed by atoms with Crippen LogP contribution in [0.5, 0.6) is 5.88 Å². The number of rotatable bonds is 2. The van der Waals surface area contributed by atoms with Gasteiger partial charge in [-0.25, -0.2) is 4.79 Å². The van der Waals surface area contributed by atoms with Crippen LogP contribution in [0.2, 0.25) is 5.02 Å². The van der Waals surface area contributed by atoms with Crippen LogP contribution in [-0.2, 0) is 30.8 Å².